The van der Waals surface area contributed by atoms with E-state index in [-0.39, 0.29) is 38.2 Å². The molecule has 0 fully saturated rings. The van der Waals surface area contributed by atoms with E-state index in [2.05, 4.69) is 16.0 Å². The molecule has 0 bridgehead atoms. The number of carbonyl (C=O) groups is 4. The maximum absolute atomic E-state index is 13.6. The molecule has 4 N–H and O–H groups in total. The maximum Gasteiger partial charge on any atom is 0.308 e. The van der Waals surface area contributed by atoms with Gasteiger partial charge in [-0.05, 0) is 49.9 Å². The number of nitrogens with one attached hydrogen (secondary N) is 3. The standard InChI is InChI=1S/C35H43N3O6/c1-5-31(40)36-29(22-32(41)44-23-25-16-10-7-11-17-25)34(43)37-28(20-24-14-8-6-9-15-24)30(39)21-26-18-12-13-19-27(26)33(42)38-35(2,3)4/h6-19,28-30,39H,5,20-23H2,1-4H3,(H,36,40)(H,37,43)(H,38,42)/t28-,29-,30+/m0/s1. The topological polar surface area (TPSA) is 134 Å². The normalized spacial score (nSPS) is 13.2. The number of carbonyl (C=O) groups excluding carboxylic acids is 4. The van der Waals surface area contributed by atoms with Gasteiger partial charge < -0.3 is 25.8 Å². The molecule has 0 spiro atoms. The fourth-order valence-electron chi connectivity index (χ4n) is 4.60. The first-order valence-corrected chi connectivity index (χ1v) is 14.9. The summed E-state index contributed by atoms with van der Waals surface area (Å²) in [6.45, 7) is 7.34. The molecule has 234 valence electrons. The zero-order valence-electron chi connectivity index (χ0n) is 25.8. The zero-order valence-corrected chi connectivity index (χ0v) is 25.8. The summed E-state index contributed by atoms with van der Waals surface area (Å²) < 4.78 is 5.36. The van der Waals surface area contributed by atoms with Gasteiger partial charge in [0, 0.05) is 23.9 Å². The number of ether oxygens (including phenoxy) is 1. The van der Waals surface area contributed by atoms with Crippen LogP contribution in [0.15, 0.2) is 84.9 Å². The summed E-state index contributed by atoms with van der Waals surface area (Å²) >= 11 is 0. The van der Waals surface area contributed by atoms with Gasteiger partial charge in [0.2, 0.25) is 11.8 Å². The van der Waals surface area contributed by atoms with Gasteiger partial charge in [-0.15, -0.1) is 0 Å². The predicted octanol–water partition coefficient (Wildman–Crippen LogP) is 3.87. The molecular weight excluding hydrogens is 558 g/mol. The van der Waals surface area contributed by atoms with E-state index in [1.807, 2.05) is 81.4 Å². The second-order valence-corrected chi connectivity index (χ2v) is 11.8. The Morgan fingerprint density at radius 2 is 1.39 bits per heavy atom. The number of rotatable bonds is 14. The second kappa shape index (κ2) is 16.4. The molecule has 0 saturated heterocycles. The van der Waals surface area contributed by atoms with E-state index in [4.69, 9.17) is 4.74 Å². The minimum Gasteiger partial charge on any atom is -0.461 e. The van der Waals surface area contributed by atoms with E-state index in [1.54, 1.807) is 31.2 Å². The lowest BCUT2D eigenvalue weighted by atomic mass is 9.93. The molecule has 0 saturated carbocycles. The van der Waals surface area contributed by atoms with Gasteiger partial charge in [0.05, 0.1) is 18.6 Å². The highest BCUT2D eigenvalue weighted by molar-refractivity contribution is 5.96. The van der Waals surface area contributed by atoms with E-state index in [0.29, 0.717) is 11.1 Å². The van der Waals surface area contributed by atoms with Gasteiger partial charge in [0.15, 0.2) is 0 Å². The molecule has 3 atom stereocenters. The van der Waals surface area contributed by atoms with Crippen molar-refractivity contribution in [3.8, 4) is 0 Å². The van der Waals surface area contributed by atoms with Crippen molar-refractivity contribution in [1.29, 1.82) is 0 Å². The lowest BCUT2D eigenvalue weighted by Gasteiger charge is -2.28. The Hall–Kier alpha value is -4.50. The number of aliphatic hydroxyl groups excluding tert-OH is 1. The number of aliphatic hydroxyl groups is 1. The largest absolute Gasteiger partial charge is 0.461 e. The summed E-state index contributed by atoms with van der Waals surface area (Å²) in [4.78, 5) is 51.6. The molecule has 0 heterocycles. The van der Waals surface area contributed by atoms with Crippen molar-refractivity contribution < 1.29 is 29.0 Å². The summed E-state index contributed by atoms with van der Waals surface area (Å²) in [7, 11) is 0. The summed E-state index contributed by atoms with van der Waals surface area (Å²) in [5, 5.41) is 19.9. The third kappa shape index (κ3) is 11.3. The van der Waals surface area contributed by atoms with Gasteiger partial charge in [0.25, 0.3) is 5.91 Å². The highest BCUT2D eigenvalue weighted by atomic mass is 16.5. The Morgan fingerprint density at radius 1 is 0.795 bits per heavy atom. The molecule has 3 aromatic carbocycles. The van der Waals surface area contributed by atoms with E-state index in [0.717, 1.165) is 11.1 Å². The van der Waals surface area contributed by atoms with Crippen molar-refractivity contribution in [3.63, 3.8) is 0 Å². The summed E-state index contributed by atoms with van der Waals surface area (Å²) in [5.41, 5.74) is 2.26. The smallest absolute Gasteiger partial charge is 0.308 e. The quantitative estimate of drug-likeness (QED) is 0.207. The van der Waals surface area contributed by atoms with Crippen LogP contribution in [0.25, 0.3) is 0 Å². The van der Waals surface area contributed by atoms with Gasteiger partial charge in [0.1, 0.15) is 12.6 Å². The summed E-state index contributed by atoms with van der Waals surface area (Å²) in [5.74, 6) is -1.94. The van der Waals surface area contributed by atoms with Crippen molar-refractivity contribution in [2.24, 2.45) is 0 Å². The van der Waals surface area contributed by atoms with Gasteiger partial charge in [-0.2, -0.15) is 0 Å². The van der Waals surface area contributed by atoms with E-state index in [9.17, 15) is 24.3 Å². The molecule has 0 aliphatic rings. The van der Waals surface area contributed by atoms with Crippen LogP contribution in [0.4, 0.5) is 0 Å². The molecule has 0 radical (unpaired) electrons. The lowest BCUT2D eigenvalue weighted by Crippen LogP contribution is -2.54. The van der Waals surface area contributed by atoms with Crippen molar-refractivity contribution in [2.45, 2.75) is 83.7 Å². The van der Waals surface area contributed by atoms with Gasteiger partial charge in [-0.3, -0.25) is 19.2 Å². The van der Waals surface area contributed by atoms with Crippen LogP contribution in [0.5, 0.6) is 0 Å². The fourth-order valence-corrected chi connectivity index (χ4v) is 4.60. The number of hydrogen-bond donors (Lipinski definition) is 4. The third-order valence-electron chi connectivity index (χ3n) is 6.86. The number of amides is 3. The maximum atomic E-state index is 13.6. The Balaban J connectivity index is 1.80. The SMILES string of the molecule is CCC(=O)N[C@@H](CC(=O)OCc1ccccc1)C(=O)N[C@@H](Cc1ccccc1)[C@H](O)Cc1ccccc1C(=O)NC(C)(C)C. The molecule has 0 aliphatic carbocycles. The zero-order chi connectivity index (χ0) is 32.1. The predicted molar refractivity (Wildman–Crippen MR) is 169 cm³/mol. The van der Waals surface area contributed by atoms with Crippen LogP contribution in [-0.4, -0.2) is 52.5 Å². The highest BCUT2D eigenvalue weighted by Gasteiger charge is 2.30. The molecule has 0 unspecified atom stereocenters. The Kier molecular flexibility index (Phi) is 12.7. The van der Waals surface area contributed by atoms with Crippen molar-refractivity contribution in [2.75, 3.05) is 0 Å². The second-order valence-electron chi connectivity index (χ2n) is 11.8. The summed E-state index contributed by atoms with van der Waals surface area (Å²) in [6, 6.07) is 23.5. The highest BCUT2D eigenvalue weighted by Crippen LogP contribution is 2.17. The molecule has 0 aromatic heterocycles. The Bertz CT molecular complexity index is 1390. The van der Waals surface area contributed by atoms with E-state index >= 15 is 0 Å². The van der Waals surface area contributed by atoms with Crippen LogP contribution in [0, 0.1) is 0 Å². The average Bonchev–Trinajstić information content (AvgIpc) is 2.99. The fraction of sp³-hybridized carbons (Fsp3) is 0.371. The van der Waals surface area contributed by atoms with Crippen LogP contribution in [0.2, 0.25) is 0 Å². The van der Waals surface area contributed by atoms with Crippen LogP contribution >= 0.6 is 0 Å². The molecule has 3 aromatic rings. The van der Waals surface area contributed by atoms with Crippen LogP contribution in [-0.2, 0) is 38.6 Å². The molecule has 3 amide bonds. The Labute approximate surface area is 259 Å². The van der Waals surface area contributed by atoms with E-state index < -0.39 is 41.5 Å². The molecule has 3 rings (SSSR count). The number of benzene rings is 3. The Morgan fingerprint density at radius 3 is 2.00 bits per heavy atom. The van der Waals surface area contributed by atoms with Crippen molar-refractivity contribution in [3.05, 3.63) is 107 Å². The monoisotopic (exact) mass is 601 g/mol. The first-order chi connectivity index (χ1) is 20.9. The third-order valence-corrected chi connectivity index (χ3v) is 6.86. The molecule has 44 heavy (non-hydrogen) atoms. The van der Waals surface area contributed by atoms with Crippen LogP contribution in [0.1, 0.15) is 67.6 Å². The minimum absolute atomic E-state index is 0.0350. The van der Waals surface area contributed by atoms with Crippen LogP contribution < -0.4 is 16.0 Å². The number of esters is 1. The molecule has 9 nitrogen and oxygen atoms in total. The van der Waals surface area contributed by atoms with Crippen molar-refractivity contribution >= 4 is 23.7 Å². The minimum atomic E-state index is -1.21. The van der Waals surface area contributed by atoms with Gasteiger partial charge >= 0.3 is 5.97 Å². The van der Waals surface area contributed by atoms with Gasteiger partial charge in [-0.1, -0.05) is 85.8 Å². The van der Waals surface area contributed by atoms with Crippen molar-refractivity contribution in [1.82, 2.24) is 16.0 Å². The van der Waals surface area contributed by atoms with E-state index in [1.165, 1.54) is 0 Å². The first-order valence-electron chi connectivity index (χ1n) is 14.9. The average molecular weight is 602 g/mol. The number of hydrogen-bond acceptors (Lipinski definition) is 6. The molecule has 0 aliphatic heterocycles. The van der Waals surface area contributed by atoms with Gasteiger partial charge in [-0.25, -0.2) is 0 Å². The molecular formula is C35H43N3O6. The van der Waals surface area contributed by atoms with Crippen LogP contribution in [0.3, 0.4) is 0 Å². The summed E-state index contributed by atoms with van der Waals surface area (Å²) in [6.07, 6.45) is -1.01. The first kappa shape index (κ1) is 34.0. The molecule has 9 heteroatoms. The lowest BCUT2D eigenvalue weighted by molar-refractivity contribution is -0.147.